The monoisotopic (exact) mass is 513 g/mol. The highest BCUT2D eigenvalue weighted by Gasteiger charge is 2.24. The summed E-state index contributed by atoms with van der Waals surface area (Å²) in [7, 11) is 4.15. The molecule has 1 N–H and O–H groups in total. The fraction of sp³-hybridized carbons (Fsp3) is 0.393. The van der Waals surface area contributed by atoms with E-state index in [9.17, 15) is 0 Å². The van der Waals surface area contributed by atoms with Gasteiger partial charge in [-0.25, -0.2) is 10.4 Å². The molecule has 0 saturated carbocycles. The molecule has 10 heteroatoms. The van der Waals surface area contributed by atoms with Crippen molar-refractivity contribution in [1.82, 2.24) is 34.7 Å². The first-order chi connectivity index (χ1) is 18.4. The molecule has 4 aromatic rings. The minimum Gasteiger partial charge on any atom is -0.378 e. The molecule has 38 heavy (non-hydrogen) atoms. The van der Waals surface area contributed by atoms with E-state index in [1.807, 2.05) is 20.3 Å². The summed E-state index contributed by atoms with van der Waals surface area (Å²) < 4.78 is 9.62. The Labute approximate surface area is 223 Å². The fourth-order valence-corrected chi connectivity index (χ4v) is 4.97. The lowest BCUT2D eigenvalue weighted by Crippen LogP contribution is -2.38. The summed E-state index contributed by atoms with van der Waals surface area (Å²) in [5, 5.41) is 11.8. The third-order valence-electron chi connectivity index (χ3n) is 7.09. The number of likely N-dealkylation sites (N-methyl/N-ethyl adjacent to an activating group) is 1. The highest BCUT2D eigenvalue weighted by atomic mass is 16.5. The molecular formula is C28H35N9O. The van der Waals surface area contributed by atoms with Gasteiger partial charge in [0.05, 0.1) is 25.8 Å². The van der Waals surface area contributed by atoms with E-state index >= 15 is 0 Å². The Hall–Kier alpha value is -3.73. The molecule has 1 aromatic carbocycles. The zero-order valence-corrected chi connectivity index (χ0v) is 22.5. The topological polar surface area (TPSA) is 79.0 Å². The van der Waals surface area contributed by atoms with Gasteiger partial charge in [0.2, 0.25) is 0 Å². The maximum Gasteiger partial charge on any atom is 0.160 e. The quantitative estimate of drug-likeness (QED) is 0.404. The van der Waals surface area contributed by atoms with Crippen molar-refractivity contribution < 1.29 is 4.74 Å². The summed E-state index contributed by atoms with van der Waals surface area (Å²) in [6.07, 6.45) is 4.22. The van der Waals surface area contributed by atoms with Gasteiger partial charge in [0.15, 0.2) is 11.5 Å². The maximum atomic E-state index is 5.63. The zero-order valence-electron chi connectivity index (χ0n) is 22.5. The minimum absolute atomic E-state index is 0.0920. The van der Waals surface area contributed by atoms with Gasteiger partial charge in [0.1, 0.15) is 17.2 Å². The third kappa shape index (κ3) is 4.90. The second-order valence-corrected chi connectivity index (χ2v) is 10.3. The lowest BCUT2D eigenvalue weighted by atomic mass is 10.1. The molecule has 6 rings (SSSR count). The van der Waals surface area contributed by atoms with Crippen molar-refractivity contribution in [2.45, 2.75) is 26.4 Å². The van der Waals surface area contributed by atoms with Gasteiger partial charge >= 0.3 is 0 Å². The number of anilines is 2. The Morgan fingerprint density at radius 1 is 1.03 bits per heavy atom. The average Bonchev–Trinajstić information content (AvgIpc) is 3.65. The minimum atomic E-state index is 0.0920. The van der Waals surface area contributed by atoms with Crippen LogP contribution in [-0.2, 0) is 11.3 Å². The summed E-state index contributed by atoms with van der Waals surface area (Å²) in [5.74, 6) is 1.82. The van der Waals surface area contributed by atoms with Crippen LogP contribution in [0.3, 0.4) is 0 Å². The first-order valence-electron chi connectivity index (χ1n) is 13.2. The summed E-state index contributed by atoms with van der Waals surface area (Å²) in [5.41, 5.74) is 9.64. The molecule has 0 bridgehead atoms. The molecule has 10 nitrogen and oxygen atoms in total. The van der Waals surface area contributed by atoms with Crippen molar-refractivity contribution >= 4 is 17.3 Å². The van der Waals surface area contributed by atoms with Crippen LogP contribution in [0, 0.1) is 13.8 Å². The van der Waals surface area contributed by atoms with E-state index in [-0.39, 0.29) is 6.04 Å². The van der Waals surface area contributed by atoms with Gasteiger partial charge in [-0.15, -0.1) is 0 Å². The molecule has 1 unspecified atom stereocenters. The van der Waals surface area contributed by atoms with Crippen LogP contribution in [0.5, 0.6) is 0 Å². The Kier molecular flexibility index (Phi) is 6.61. The third-order valence-corrected chi connectivity index (χ3v) is 7.09. The standard InChI is InChI=1S/C28H35N9O/c1-20-6-5-7-22(16-20)23-8-9-36(30-23)26-19-28(34-12-14-38-15-13-34)37-27(29-26)18-25(32-37)24-17-21(2)35(31-24)11-10-33(3)4/h5-9,16-19,23,30H,10-15H2,1-4H3. The molecule has 0 radical (unpaired) electrons. The first kappa shape index (κ1) is 24.6. The van der Waals surface area contributed by atoms with Crippen molar-refractivity contribution in [2.24, 2.45) is 0 Å². The van der Waals surface area contributed by atoms with E-state index in [1.165, 1.54) is 11.1 Å². The number of hydrogen-bond donors (Lipinski definition) is 1. The average molecular weight is 514 g/mol. The van der Waals surface area contributed by atoms with E-state index < -0.39 is 0 Å². The number of benzene rings is 1. The van der Waals surface area contributed by atoms with Gasteiger partial charge in [0.25, 0.3) is 0 Å². The highest BCUT2D eigenvalue weighted by molar-refractivity contribution is 5.67. The number of nitrogens with zero attached hydrogens (tertiary/aromatic N) is 8. The predicted octanol–water partition coefficient (Wildman–Crippen LogP) is 3.19. The van der Waals surface area contributed by atoms with Gasteiger partial charge in [0, 0.05) is 43.7 Å². The van der Waals surface area contributed by atoms with E-state index in [0.717, 1.165) is 60.5 Å². The van der Waals surface area contributed by atoms with Crippen molar-refractivity contribution in [3.05, 3.63) is 71.6 Å². The molecule has 0 amide bonds. The normalized spacial score (nSPS) is 17.9. The largest absolute Gasteiger partial charge is 0.378 e. The van der Waals surface area contributed by atoms with Crippen LogP contribution >= 0.6 is 0 Å². The highest BCUT2D eigenvalue weighted by Crippen LogP contribution is 2.29. The van der Waals surface area contributed by atoms with Crippen LogP contribution < -0.4 is 15.3 Å². The number of hydrogen-bond acceptors (Lipinski definition) is 8. The summed E-state index contributed by atoms with van der Waals surface area (Å²) in [4.78, 5) is 9.49. The molecule has 1 atom stereocenters. The summed E-state index contributed by atoms with van der Waals surface area (Å²) in [6, 6.07) is 14.9. The fourth-order valence-electron chi connectivity index (χ4n) is 4.97. The molecule has 3 aromatic heterocycles. The smallest absolute Gasteiger partial charge is 0.160 e. The van der Waals surface area contributed by atoms with Crippen LogP contribution in [0.1, 0.15) is 22.9 Å². The number of nitrogens with one attached hydrogen (secondary N) is 1. The second-order valence-electron chi connectivity index (χ2n) is 10.3. The molecule has 2 aliphatic heterocycles. The van der Waals surface area contributed by atoms with E-state index in [2.05, 4.69) is 91.8 Å². The predicted molar refractivity (Wildman–Crippen MR) is 149 cm³/mol. The van der Waals surface area contributed by atoms with E-state index in [0.29, 0.717) is 13.2 Å². The number of fused-ring (bicyclic) bond motifs is 1. The zero-order chi connectivity index (χ0) is 26.2. The molecule has 1 saturated heterocycles. The summed E-state index contributed by atoms with van der Waals surface area (Å²) in [6.45, 7) is 8.98. The Bertz CT molecular complexity index is 1460. The van der Waals surface area contributed by atoms with Crippen LogP contribution in [0.25, 0.3) is 17.0 Å². The van der Waals surface area contributed by atoms with Crippen molar-refractivity contribution in [2.75, 3.05) is 56.9 Å². The molecule has 0 aliphatic carbocycles. The summed E-state index contributed by atoms with van der Waals surface area (Å²) >= 11 is 0. The molecule has 0 spiro atoms. The van der Waals surface area contributed by atoms with Gasteiger partial charge < -0.3 is 14.5 Å². The lowest BCUT2D eigenvalue weighted by Gasteiger charge is -2.29. The van der Waals surface area contributed by atoms with Crippen LogP contribution in [0.15, 0.2) is 54.7 Å². The molecule has 5 heterocycles. The van der Waals surface area contributed by atoms with Gasteiger partial charge in [-0.2, -0.15) is 14.7 Å². The number of hydrazine groups is 1. The van der Waals surface area contributed by atoms with Gasteiger partial charge in [-0.3, -0.25) is 9.69 Å². The lowest BCUT2D eigenvalue weighted by molar-refractivity contribution is 0.122. The van der Waals surface area contributed by atoms with Crippen molar-refractivity contribution in [3.63, 3.8) is 0 Å². The number of morpholine rings is 1. The molecule has 198 valence electrons. The number of ether oxygens (including phenoxy) is 1. The second kappa shape index (κ2) is 10.2. The first-order valence-corrected chi connectivity index (χ1v) is 13.2. The Balaban J connectivity index is 1.35. The molecule has 1 fully saturated rings. The SMILES string of the molecule is Cc1cccc(C2C=CN(c3cc(N4CCOCC4)n4nc(-c5cc(C)n(CCN(C)C)n5)cc4n3)N2)c1. The van der Waals surface area contributed by atoms with E-state index in [4.69, 9.17) is 19.9 Å². The van der Waals surface area contributed by atoms with Crippen molar-refractivity contribution in [3.8, 4) is 11.4 Å². The van der Waals surface area contributed by atoms with Gasteiger partial charge in [-0.05, 0) is 45.6 Å². The van der Waals surface area contributed by atoms with Gasteiger partial charge in [-0.1, -0.05) is 29.8 Å². The Morgan fingerprint density at radius 3 is 2.63 bits per heavy atom. The van der Waals surface area contributed by atoms with Crippen LogP contribution in [0.2, 0.25) is 0 Å². The maximum absolute atomic E-state index is 5.63. The van der Waals surface area contributed by atoms with Crippen LogP contribution in [0.4, 0.5) is 11.6 Å². The van der Waals surface area contributed by atoms with Crippen LogP contribution in [-0.4, -0.2) is 76.2 Å². The number of rotatable bonds is 7. The molecular weight excluding hydrogens is 478 g/mol. The van der Waals surface area contributed by atoms with E-state index in [1.54, 1.807) is 0 Å². The Morgan fingerprint density at radius 2 is 1.84 bits per heavy atom. The number of aromatic nitrogens is 5. The van der Waals surface area contributed by atoms with Crippen molar-refractivity contribution in [1.29, 1.82) is 0 Å². The number of aryl methyl sites for hydroxylation is 2. The molecule has 2 aliphatic rings.